The molecule has 0 aromatic heterocycles. The molecule has 1 saturated carbocycles. The van der Waals surface area contributed by atoms with E-state index in [1.54, 1.807) is 13.0 Å². The summed E-state index contributed by atoms with van der Waals surface area (Å²) in [5, 5.41) is 3.44. The molecule has 1 aromatic rings. The van der Waals surface area contributed by atoms with Gasteiger partial charge in [0.25, 0.3) is 0 Å². The predicted octanol–water partition coefficient (Wildman–Crippen LogP) is 3.08. The van der Waals surface area contributed by atoms with Crippen molar-refractivity contribution in [3.63, 3.8) is 0 Å². The van der Waals surface area contributed by atoms with Crippen LogP contribution >= 0.6 is 11.6 Å². The first-order valence-corrected chi connectivity index (χ1v) is 9.21. The van der Waals surface area contributed by atoms with Crippen LogP contribution in [0.15, 0.2) is 24.3 Å². The molecule has 1 N–H and O–H groups in total. The highest BCUT2D eigenvalue weighted by Crippen LogP contribution is 2.38. The van der Waals surface area contributed by atoms with E-state index in [1.165, 1.54) is 4.90 Å². The fraction of sp³-hybridized carbons (Fsp3) is 0.526. The molecule has 134 valence electrons. The van der Waals surface area contributed by atoms with E-state index in [1.807, 2.05) is 25.1 Å². The summed E-state index contributed by atoms with van der Waals surface area (Å²) in [4.78, 5) is 39.0. The van der Waals surface area contributed by atoms with Crippen molar-refractivity contribution in [3.8, 4) is 0 Å². The van der Waals surface area contributed by atoms with Gasteiger partial charge < -0.3 is 5.32 Å². The molecule has 1 saturated heterocycles. The highest BCUT2D eigenvalue weighted by Gasteiger charge is 2.50. The Kier molecular flexibility index (Phi) is 5.13. The molecule has 25 heavy (non-hydrogen) atoms. The van der Waals surface area contributed by atoms with Crippen LogP contribution in [-0.4, -0.2) is 28.7 Å². The maximum absolute atomic E-state index is 12.6. The van der Waals surface area contributed by atoms with Crippen LogP contribution in [-0.2, 0) is 14.4 Å². The van der Waals surface area contributed by atoms with E-state index in [0.29, 0.717) is 5.02 Å². The van der Waals surface area contributed by atoms with E-state index in [9.17, 15) is 14.4 Å². The zero-order valence-electron chi connectivity index (χ0n) is 14.5. The number of benzene rings is 1. The van der Waals surface area contributed by atoms with Gasteiger partial charge in [-0.05, 0) is 38.3 Å². The SMILES string of the molecule is CC(NC(=O)C(C)N1C(=O)C2CCCCC2C1=O)c1ccccc1Cl. The number of nitrogens with one attached hydrogen (secondary N) is 1. The molecular formula is C19H23ClN2O3. The van der Waals surface area contributed by atoms with E-state index in [0.717, 1.165) is 31.2 Å². The number of fused-ring (bicyclic) bond motifs is 1. The van der Waals surface area contributed by atoms with Gasteiger partial charge in [-0.15, -0.1) is 0 Å². The molecule has 4 unspecified atom stereocenters. The number of hydrogen-bond acceptors (Lipinski definition) is 3. The zero-order valence-corrected chi connectivity index (χ0v) is 15.3. The second-order valence-electron chi connectivity index (χ2n) is 6.97. The maximum atomic E-state index is 12.6. The van der Waals surface area contributed by atoms with Crippen LogP contribution < -0.4 is 5.32 Å². The Balaban J connectivity index is 1.71. The fourth-order valence-electron chi connectivity index (χ4n) is 3.92. The summed E-state index contributed by atoms with van der Waals surface area (Å²) in [6.07, 6.45) is 3.43. The van der Waals surface area contributed by atoms with Crippen molar-refractivity contribution in [2.45, 2.75) is 51.6 Å². The van der Waals surface area contributed by atoms with Gasteiger partial charge in [-0.2, -0.15) is 0 Å². The summed E-state index contributed by atoms with van der Waals surface area (Å²) < 4.78 is 0. The van der Waals surface area contributed by atoms with Crippen LogP contribution in [0.25, 0.3) is 0 Å². The average Bonchev–Trinajstić information content (AvgIpc) is 2.86. The maximum Gasteiger partial charge on any atom is 0.243 e. The summed E-state index contributed by atoms with van der Waals surface area (Å²) >= 11 is 6.17. The first-order valence-electron chi connectivity index (χ1n) is 8.83. The van der Waals surface area contributed by atoms with Gasteiger partial charge >= 0.3 is 0 Å². The minimum Gasteiger partial charge on any atom is -0.348 e. The molecule has 0 bridgehead atoms. The van der Waals surface area contributed by atoms with Crippen molar-refractivity contribution in [2.75, 3.05) is 0 Å². The quantitative estimate of drug-likeness (QED) is 0.837. The van der Waals surface area contributed by atoms with E-state index in [4.69, 9.17) is 11.6 Å². The third kappa shape index (κ3) is 3.30. The van der Waals surface area contributed by atoms with Crippen LogP contribution in [0, 0.1) is 11.8 Å². The molecule has 0 radical (unpaired) electrons. The van der Waals surface area contributed by atoms with Crippen LogP contribution in [0.2, 0.25) is 5.02 Å². The van der Waals surface area contributed by atoms with Gasteiger partial charge in [0, 0.05) is 5.02 Å². The number of amides is 3. The molecule has 2 fully saturated rings. The van der Waals surface area contributed by atoms with Gasteiger partial charge in [0.2, 0.25) is 17.7 Å². The molecule has 1 aromatic carbocycles. The lowest BCUT2D eigenvalue weighted by molar-refractivity contribution is -0.147. The van der Waals surface area contributed by atoms with E-state index >= 15 is 0 Å². The van der Waals surface area contributed by atoms with Gasteiger partial charge in [0.1, 0.15) is 6.04 Å². The second-order valence-corrected chi connectivity index (χ2v) is 7.38. The Morgan fingerprint density at radius 1 is 1.12 bits per heavy atom. The molecule has 1 aliphatic carbocycles. The number of rotatable bonds is 4. The number of halogens is 1. The van der Waals surface area contributed by atoms with Crippen LogP contribution in [0.3, 0.4) is 0 Å². The monoisotopic (exact) mass is 362 g/mol. The first kappa shape index (κ1) is 17.9. The second kappa shape index (κ2) is 7.16. The average molecular weight is 363 g/mol. The number of hydrogen-bond donors (Lipinski definition) is 1. The fourth-order valence-corrected chi connectivity index (χ4v) is 4.22. The predicted molar refractivity (Wildman–Crippen MR) is 94.8 cm³/mol. The molecule has 1 aliphatic heterocycles. The topological polar surface area (TPSA) is 66.5 Å². The molecule has 4 atom stereocenters. The Morgan fingerprint density at radius 3 is 2.24 bits per heavy atom. The van der Waals surface area contributed by atoms with Crippen molar-refractivity contribution in [3.05, 3.63) is 34.9 Å². The summed E-state index contributed by atoms with van der Waals surface area (Å²) in [5.41, 5.74) is 0.803. The molecule has 0 spiro atoms. The lowest BCUT2D eigenvalue weighted by Gasteiger charge is -2.24. The Morgan fingerprint density at radius 2 is 1.68 bits per heavy atom. The number of imide groups is 1. The van der Waals surface area contributed by atoms with E-state index < -0.39 is 6.04 Å². The number of carbonyl (C=O) groups is 3. The minimum absolute atomic E-state index is 0.192. The largest absolute Gasteiger partial charge is 0.348 e. The summed E-state index contributed by atoms with van der Waals surface area (Å²) in [6.45, 7) is 3.45. The lowest BCUT2D eigenvalue weighted by atomic mass is 9.81. The number of carbonyl (C=O) groups excluding carboxylic acids is 3. The van der Waals surface area contributed by atoms with Crippen molar-refractivity contribution in [1.82, 2.24) is 10.2 Å². The molecule has 3 rings (SSSR count). The zero-order chi connectivity index (χ0) is 18.1. The summed E-state index contributed by atoms with van der Waals surface area (Å²) in [5.74, 6) is -1.20. The van der Waals surface area contributed by atoms with Gasteiger partial charge in [-0.25, -0.2) is 0 Å². The Hall–Kier alpha value is -1.88. The van der Waals surface area contributed by atoms with Crippen LogP contribution in [0.1, 0.15) is 51.1 Å². The number of likely N-dealkylation sites (tertiary alicyclic amines) is 1. The molecule has 6 heteroatoms. The van der Waals surface area contributed by atoms with Crippen LogP contribution in [0.5, 0.6) is 0 Å². The lowest BCUT2D eigenvalue weighted by Crippen LogP contribution is -2.48. The molecule has 1 heterocycles. The third-order valence-electron chi connectivity index (χ3n) is 5.37. The van der Waals surface area contributed by atoms with E-state index in [2.05, 4.69) is 5.32 Å². The third-order valence-corrected chi connectivity index (χ3v) is 5.72. The minimum atomic E-state index is -0.810. The highest BCUT2D eigenvalue weighted by atomic mass is 35.5. The molecule has 5 nitrogen and oxygen atoms in total. The molecular weight excluding hydrogens is 340 g/mol. The molecule has 3 amide bonds. The number of nitrogens with zero attached hydrogens (tertiary/aromatic N) is 1. The van der Waals surface area contributed by atoms with Crippen LogP contribution in [0.4, 0.5) is 0 Å². The van der Waals surface area contributed by atoms with E-state index in [-0.39, 0.29) is 35.6 Å². The summed E-state index contributed by atoms with van der Waals surface area (Å²) in [7, 11) is 0. The highest BCUT2D eigenvalue weighted by molar-refractivity contribution is 6.31. The standard InChI is InChI=1S/C19H23ClN2O3/c1-11(13-7-5-6-10-16(13)20)21-17(23)12(2)22-18(24)14-8-3-4-9-15(14)19(22)25/h5-7,10-12,14-15H,3-4,8-9H2,1-2H3,(H,21,23). The first-order chi connectivity index (χ1) is 11.9. The van der Waals surface area contributed by atoms with Crippen molar-refractivity contribution in [1.29, 1.82) is 0 Å². The van der Waals surface area contributed by atoms with Gasteiger partial charge in [0.05, 0.1) is 17.9 Å². The van der Waals surface area contributed by atoms with Crippen molar-refractivity contribution < 1.29 is 14.4 Å². The van der Waals surface area contributed by atoms with Gasteiger partial charge in [-0.1, -0.05) is 42.6 Å². The molecule has 2 aliphatic rings. The van der Waals surface area contributed by atoms with Gasteiger partial charge in [-0.3, -0.25) is 19.3 Å². The Labute approximate surface area is 152 Å². The normalized spacial score (nSPS) is 25.5. The van der Waals surface area contributed by atoms with Crippen molar-refractivity contribution >= 4 is 29.3 Å². The smallest absolute Gasteiger partial charge is 0.243 e. The Bertz CT molecular complexity index is 682. The van der Waals surface area contributed by atoms with Crippen molar-refractivity contribution in [2.24, 2.45) is 11.8 Å². The summed E-state index contributed by atoms with van der Waals surface area (Å²) in [6, 6.07) is 6.17. The van der Waals surface area contributed by atoms with Gasteiger partial charge in [0.15, 0.2) is 0 Å².